The minimum absolute atomic E-state index is 0. The van der Waals surface area contributed by atoms with Crippen LogP contribution in [0.15, 0.2) is 74.6 Å². The molecule has 33 nitrogen and oxygen atoms in total. The van der Waals surface area contributed by atoms with Crippen LogP contribution in [-0.4, -0.2) is 190 Å². The van der Waals surface area contributed by atoms with E-state index in [1.807, 2.05) is 83.1 Å². The molecule has 39 heteroatoms. The summed E-state index contributed by atoms with van der Waals surface area (Å²) in [7, 11) is 0. The number of aromatic nitrogens is 4. The molecule has 8 aliphatic heterocycles. The molecule has 0 radical (unpaired) electrons. The van der Waals surface area contributed by atoms with Crippen LogP contribution in [0.1, 0.15) is 255 Å². The van der Waals surface area contributed by atoms with Crippen molar-refractivity contribution < 1.29 is 131 Å². The van der Waals surface area contributed by atoms with E-state index in [2.05, 4.69) is 77.6 Å². The number of aliphatic hydroxyl groups is 1. The number of aryl methyl sites for hydroxylation is 2. The van der Waals surface area contributed by atoms with Gasteiger partial charge in [0.25, 0.3) is 11.8 Å². The van der Waals surface area contributed by atoms with E-state index in [0.29, 0.717) is 103 Å². The Balaban J connectivity index is 0.000000385. The molecule has 2 aromatic heterocycles. The number of amidine groups is 1. The molecule has 3 aromatic carbocycles. The number of carbonyl (C=O) groups excluding carboxylic acids is 4. The summed E-state index contributed by atoms with van der Waals surface area (Å²) in [5.41, 5.74) is 21.9. The van der Waals surface area contributed by atoms with Crippen LogP contribution >= 0.6 is 44.1 Å². The van der Waals surface area contributed by atoms with Crippen molar-refractivity contribution in [1.82, 2.24) is 35.8 Å². The molecule has 0 bridgehead atoms. The van der Waals surface area contributed by atoms with Gasteiger partial charge in [-0.1, -0.05) is 98.0 Å². The molecule has 0 aliphatic carbocycles. The number of thiocarbonyl (C=S) groups is 1. The van der Waals surface area contributed by atoms with Crippen LogP contribution in [0.2, 0.25) is 0 Å². The Morgan fingerprint density at radius 2 is 0.943 bits per heavy atom. The number of nitrogens with zero attached hydrogens (tertiary/aromatic N) is 6. The summed E-state index contributed by atoms with van der Waals surface area (Å²) in [6.45, 7) is 30.7. The van der Waals surface area contributed by atoms with Gasteiger partial charge in [-0.3, -0.25) is 24.3 Å². The maximum atomic E-state index is 13.6. The SMILES string of the molecule is C.C.C.C.CC(=O)[O][Hg][O]C(C)=O.CC1(C)OC[C@@H](CCCO)O1.CC1(C)OC[C@@H](CCCON)O1.CC1(C)OC[C@@H](CCCON)O1.CC1(C)OC[C@@H](CCCON2C(=O)c3ccccc3C2=O)O1.Cc1nc(N)nc2c1C(=S)N[C@@H](c1ccc(F)cc1Br)C2.Cc1nc(N)nc2c1C(NOCCC[C@@H]1COC(C)(C)O1)=N[C@@H](c1ccc(F)cc1Br)C2. The molecule has 5 fully saturated rings. The number of ether oxygens (including phenoxy) is 10. The van der Waals surface area contributed by atoms with Crippen molar-refractivity contribution in [3.8, 4) is 0 Å². The number of nitrogens with two attached hydrogens (primary N) is 4. The number of hydrogen-bond acceptors (Lipinski definition) is 32. The minimum Gasteiger partial charge on any atom is -0.396 e. The van der Waals surface area contributed by atoms with Crippen LogP contribution in [-0.2, 0) is 120 Å². The number of hydroxylamine groups is 3. The third kappa shape index (κ3) is 37.3. The van der Waals surface area contributed by atoms with Gasteiger partial charge in [-0.2, -0.15) is 0 Å². The normalized spacial score (nSPS) is 21.3. The Hall–Kier alpha value is -6.06. The predicted molar refractivity (Wildman–Crippen MR) is 465 cm³/mol. The number of anilines is 2. The Labute approximate surface area is 758 Å². The van der Waals surface area contributed by atoms with Gasteiger partial charge in [0.2, 0.25) is 11.9 Å². The number of nitrogen functional groups attached to an aromatic ring is 2. The number of aliphatic hydroxyl groups excluding tert-OH is 1. The number of rotatable bonds is 25. The first-order valence-electron chi connectivity index (χ1n) is 39.3. The first kappa shape index (κ1) is 111. The summed E-state index contributed by atoms with van der Waals surface area (Å²) in [5, 5.41) is 12.7. The molecule has 688 valence electrons. The van der Waals surface area contributed by atoms with Crippen LogP contribution < -0.4 is 34.1 Å². The summed E-state index contributed by atoms with van der Waals surface area (Å²) in [4.78, 5) is 86.9. The Bertz CT molecular complexity index is 4130. The van der Waals surface area contributed by atoms with E-state index in [-0.39, 0.29) is 121 Å². The molecule has 123 heavy (non-hydrogen) atoms. The monoisotopic (exact) mass is 2070 g/mol. The molecular weight excluding hydrogens is 1940 g/mol. The third-order valence-electron chi connectivity index (χ3n) is 18.6. The second-order valence-corrected chi connectivity index (χ2v) is 36.1. The van der Waals surface area contributed by atoms with E-state index in [1.54, 1.807) is 36.4 Å². The molecule has 7 atom stereocenters. The predicted octanol–water partition coefficient (Wildman–Crippen LogP) is 13.8. The van der Waals surface area contributed by atoms with Crippen molar-refractivity contribution >= 4 is 90.6 Å². The van der Waals surface area contributed by atoms with Gasteiger partial charge in [0.1, 0.15) is 16.6 Å². The van der Waals surface area contributed by atoms with Crippen LogP contribution in [0.25, 0.3) is 0 Å². The largest absolute Gasteiger partial charge is 0.396 e. The standard InChI is InChI=1S/C22H27BrFN5O3.C16H19NO5.C14H12BrFN4S.2C8H17NO3.C8H16O3.2C2H4O2.4CH4.Hg/c1-12-19-18(28-21(25)26-12)10-17(15-7-6-13(24)9-16(15)23)27-20(19)29-31-8-4-5-14-11-30-22(2,3)32-14;1-16(2)20-10-11(22-16)6-5-9-21-17-14(18)12-7-3-4-8-13(12)15(17)19;1-6-12-11(20-14(17)18-6)5-10(19-13(12)21)8-3-2-7(16)4-9(8)15;2*1-8(2)10-6-7(12-8)4-3-5-11-9;1-8(2)10-6-7(11-8)4-3-5-9;2*1-2(3)4;;;;;/h6-7,9,14,17H,4-5,8,10-11H2,1-3H3,(H,27,29)(H2,25,26,28);3-4,7-8,11H,5-6,9-10H2,1-2H3;2-4,10H,5H2,1H3,(H,19,21)(H2,17,18,20);2*7H,3-6,9H2,1-2H3;7,9H,3-6H2,1-2H3;2*1H3,(H,3,4);4*1H4;/q;;;;;;;;;;;;+2/p-2/t14-,17-;11-;10-;3*7-;;;;;;;/m111111......./s1. The summed E-state index contributed by atoms with van der Waals surface area (Å²) < 4.78 is 92.5. The van der Waals surface area contributed by atoms with E-state index in [1.165, 1.54) is 38.1 Å². The smallest absolute Gasteiger partial charge is 0.285 e. The summed E-state index contributed by atoms with van der Waals surface area (Å²) in [5.74, 6) is 6.36. The van der Waals surface area contributed by atoms with Gasteiger partial charge >= 0.3 is 66.2 Å². The molecule has 5 aromatic rings. The fourth-order valence-electron chi connectivity index (χ4n) is 13.2. The zero-order valence-electron chi connectivity index (χ0n) is 70.1. The van der Waals surface area contributed by atoms with Gasteiger partial charge in [-0.15, -0.1) is 5.06 Å². The van der Waals surface area contributed by atoms with Gasteiger partial charge in [-0.05, 0) is 195 Å². The first-order chi connectivity index (χ1) is 56.2. The maximum Gasteiger partial charge on any atom is 0.285 e. The first-order valence-corrected chi connectivity index (χ1v) is 45.8. The van der Waals surface area contributed by atoms with E-state index in [0.717, 1.165) is 108 Å². The molecule has 0 spiro atoms. The van der Waals surface area contributed by atoms with Crippen molar-refractivity contribution in [2.24, 2.45) is 16.8 Å². The topological polar surface area (TPSA) is 431 Å². The average molecular weight is 2070 g/mol. The number of amides is 2. The van der Waals surface area contributed by atoms with Gasteiger partial charge in [0.15, 0.2) is 34.8 Å². The molecule has 2 amide bonds. The molecule has 0 unspecified atom stereocenters. The molecule has 5 saturated heterocycles. The summed E-state index contributed by atoms with van der Waals surface area (Å²) in [6.07, 6.45) is 10.3. The van der Waals surface area contributed by atoms with Gasteiger partial charge < -0.3 is 78.9 Å². The second-order valence-electron chi connectivity index (χ2n) is 30.8. The second kappa shape index (κ2) is 53.0. The van der Waals surface area contributed by atoms with Crippen LogP contribution in [0.5, 0.6) is 0 Å². The fourth-order valence-corrected chi connectivity index (χ4v) is 16.4. The van der Waals surface area contributed by atoms with Crippen molar-refractivity contribution in [3.05, 3.63) is 137 Å². The molecular formula is C84H130Br2F2HgN12O21S. The van der Waals surface area contributed by atoms with Crippen molar-refractivity contribution in [1.29, 1.82) is 0 Å². The Morgan fingerprint density at radius 1 is 0.569 bits per heavy atom. The number of aliphatic imine (C=N–C) groups is 1. The maximum absolute atomic E-state index is 13.6. The molecule has 11 N–H and O–H groups in total. The van der Waals surface area contributed by atoms with E-state index >= 15 is 0 Å². The van der Waals surface area contributed by atoms with Gasteiger partial charge in [0.05, 0.1) is 147 Å². The fraction of sp³-hybridized carbons (Fsp3) is 0.619. The number of halogens is 4. The average Bonchev–Trinajstić information content (AvgIpc) is 1.65. The molecule has 0 saturated carbocycles. The molecule has 10 heterocycles. The number of imide groups is 1. The van der Waals surface area contributed by atoms with Gasteiger partial charge in [0, 0.05) is 28.4 Å². The van der Waals surface area contributed by atoms with Gasteiger partial charge in [-0.25, -0.2) is 46.0 Å². The van der Waals surface area contributed by atoms with E-state index in [4.69, 9.17) is 103 Å². The number of nitrogens with one attached hydrogen (secondary N) is 2. The van der Waals surface area contributed by atoms with Crippen LogP contribution in [0, 0.1) is 25.5 Å². The summed E-state index contributed by atoms with van der Waals surface area (Å²) in [6, 6.07) is 15.5. The van der Waals surface area contributed by atoms with Crippen molar-refractivity contribution in [3.63, 3.8) is 0 Å². The zero-order chi connectivity index (χ0) is 87.4. The van der Waals surface area contributed by atoms with E-state index in [9.17, 15) is 28.0 Å². The van der Waals surface area contributed by atoms with E-state index < -0.39 is 66.2 Å². The zero-order valence-corrected chi connectivity index (χ0v) is 79.6. The van der Waals surface area contributed by atoms with Crippen molar-refractivity contribution in [2.45, 2.75) is 275 Å². The minimum atomic E-state index is -2.04. The Kier molecular flexibility index (Phi) is 47.9. The van der Waals surface area contributed by atoms with Crippen LogP contribution in [0.4, 0.5) is 20.7 Å². The summed E-state index contributed by atoms with van der Waals surface area (Å²) >= 11 is 10.2. The van der Waals surface area contributed by atoms with Crippen LogP contribution in [0.3, 0.4) is 0 Å². The Morgan fingerprint density at radius 3 is 1.32 bits per heavy atom. The molecule has 13 rings (SSSR count). The number of carbonyl (C=O) groups is 4. The number of benzene rings is 3. The quantitative estimate of drug-likeness (QED) is 0.00938. The molecule has 8 aliphatic rings. The number of hydrogen-bond donors (Lipinski definition) is 7. The van der Waals surface area contributed by atoms with Crippen molar-refractivity contribution in [2.75, 3.05) is 77.5 Å². The number of fused-ring (bicyclic) bond motifs is 3. The third-order valence-corrected chi connectivity index (χ3v) is 24.3.